The van der Waals surface area contributed by atoms with E-state index >= 15 is 0 Å². The molecule has 1 aliphatic carbocycles. The highest BCUT2D eigenvalue weighted by atomic mass is 16.2. The summed E-state index contributed by atoms with van der Waals surface area (Å²) in [5.41, 5.74) is 4.62. The first-order valence-electron chi connectivity index (χ1n) is 8.53. The van der Waals surface area contributed by atoms with E-state index in [1.165, 1.54) is 11.1 Å². The summed E-state index contributed by atoms with van der Waals surface area (Å²) in [4.78, 5) is 24.0. The van der Waals surface area contributed by atoms with Crippen LogP contribution in [0.15, 0.2) is 42.5 Å². The third kappa shape index (κ3) is 4.83. The molecule has 5 nitrogen and oxygen atoms in total. The van der Waals surface area contributed by atoms with Gasteiger partial charge in [0.05, 0.1) is 6.54 Å². The molecule has 0 bridgehead atoms. The second-order valence-corrected chi connectivity index (χ2v) is 6.53. The standard InChI is InChI=1S/C20H23N3O2/c1-13-3-6-18(11-14(13)2)21-12-19(24)22-16-7-4-15(5-8-16)20(25)23-17-9-10-17/h3-8,11,17,21H,9-10,12H2,1-2H3,(H,22,24)(H,23,25). The first-order valence-corrected chi connectivity index (χ1v) is 8.53. The first kappa shape index (κ1) is 17.0. The van der Waals surface area contributed by atoms with E-state index in [0.717, 1.165) is 18.5 Å². The molecule has 25 heavy (non-hydrogen) atoms. The number of carbonyl (C=O) groups is 2. The van der Waals surface area contributed by atoms with Crippen molar-refractivity contribution >= 4 is 23.2 Å². The maximum atomic E-state index is 12.1. The molecule has 0 unspecified atom stereocenters. The van der Waals surface area contributed by atoms with Gasteiger partial charge in [-0.25, -0.2) is 0 Å². The van der Waals surface area contributed by atoms with E-state index in [1.54, 1.807) is 24.3 Å². The lowest BCUT2D eigenvalue weighted by molar-refractivity contribution is -0.114. The summed E-state index contributed by atoms with van der Waals surface area (Å²) >= 11 is 0. The first-order chi connectivity index (χ1) is 12.0. The second-order valence-electron chi connectivity index (χ2n) is 6.53. The van der Waals surface area contributed by atoms with Gasteiger partial charge in [-0.1, -0.05) is 6.07 Å². The van der Waals surface area contributed by atoms with Crippen LogP contribution in [0.2, 0.25) is 0 Å². The minimum Gasteiger partial charge on any atom is -0.376 e. The number of hydrogen-bond acceptors (Lipinski definition) is 3. The highest BCUT2D eigenvalue weighted by Gasteiger charge is 2.23. The summed E-state index contributed by atoms with van der Waals surface area (Å²) in [7, 11) is 0. The average molecular weight is 337 g/mol. The van der Waals surface area contributed by atoms with Crippen LogP contribution in [-0.2, 0) is 4.79 Å². The van der Waals surface area contributed by atoms with Gasteiger partial charge >= 0.3 is 0 Å². The van der Waals surface area contributed by atoms with Gasteiger partial charge in [0.25, 0.3) is 5.91 Å². The number of carbonyl (C=O) groups excluding carboxylic acids is 2. The number of amides is 2. The van der Waals surface area contributed by atoms with Gasteiger partial charge in [-0.05, 0) is 74.2 Å². The molecule has 1 saturated carbocycles. The molecular weight excluding hydrogens is 314 g/mol. The molecule has 1 fully saturated rings. The van der Waals surface area contributed by atoms with Gasteiger partial charge in [0.15, 0.2) is 0 Å². The molecule has 0 atom stereocenters. The molecule has 2 aromatic carbocycles. The van der Waals surface area contributed by atoms with Crippen LogP contribution >= 0.6 is 0 Å². The van der Waals surface area contributed by atoms with Crippen LogP contribution in [0.3, 0.4) is 0 Å². The zero-order valence-electron chi connectivity index (χ0n) is 14.6. The summed E-state index contributed by atoms with van der Waals surface area (Å²) in [6, 6.07) is 13.3. The van der Waals surface area contributed by atoms with Crippen molar-refractivity contribution in [1.29, 1.82) is 0 Å². The Hall–Kier alpha value is -2.82. The van der Waals surface area contributed by atoms with Gasteiger partial charge in [-0.15, -0.1) is 0 Å². The van der Waals surface area contributed by atoms with Crippen LogP contribution in [0.5, 0.6) is 0 Å². The number of nitrogens with one attached hydrogen (secondary N) is 3. The minimum absolute atomic E-state index is 0.0585. The van der Waals surface area contributed by atoms with E-state index in [4.69, 9.17) is 0 Å². The van der Waals surface area contributed by atoms with E-state index < -0.39 is 0 Å². The van der Waals surface area contributed by atoms with Crippen LogP contribution in [0.4, 0.5) is 11.4 Å². The van der Waals surface area contributed by atoms with Gasteiger partial charge in [0.2, 0.25) is 5.91 Å². The van der Waals surface area contributed by atoms with Crippen LogP contribution in [0.1, 0.15) is 34.3 Å². The van der Waals surface area contributed by atoms with E-state index in [0.29, 0.717) is 17.3 Å². The predicted octanol–water partition coefficient (Wildman–Crippen LogP) is 3.25. The Labute approximate surface area is 147 Å². The fourth-order valence-corrected chi connectivity index (χ4v) is 2.44. The van der Waals surface area contributed by atoms with Crippen molar-refractivity contribution in [1.82, 2.24) is 5.32 Å². The molecule has 1 aliphatic rings. The quantitative estimate of drug-likeness (QED) is 0.758. The largest absolute Gasteiger partial charge is 0.376 e. The molecule has 0 aliphatic heterocycles. The molecule has 2 amide bonds. The molecule has 0 heterocycles. The fraction of sp³-hybridized carbons (Fsp3) is 0.300. The third-order valence-electron chi connectivity index (χ3n) is 4.30. The Balaban J connectivity index is 1.50. The minimum atomic E-state index is -0.131. The van der Waals surface area contributed by atoms with Crippen LogP contribution in [0, 0.1) is 13.8 Å². The number of rotatable bonds is 6. The zero-order valence-corrected chi connectivity index (χ0v) is 14.6. The molecule has 130 valence electrons. The topological polar surface area (TPSA) is 70.2 Å². The maximum absolute atomic E-state index is 12.1. The highest BCUT2D eigenvalue weighted by Crippen LogP contribution is 2.19. The van der Waals surface area contributed by atoms with Crippen molar-refractivity contribution in [3.05, 3.63) is 59.2 Å². The Morgan fingerprint density at radius 3 is 2.28 bits per heavy atom. The van der Waals surface area contributed by atoms with Crippen LogP contribution in [-0.4, -0.2) is 24.4 Å². The average Bonchev–Trinajstić information content (AvgIpc) is 3.40. The molecule has 0 saturated heterocycles. The Morgan fingerprint density at radius 2 is 1.64 bits per heavy atom. The molecule has 0 spiro atoms. The summed E-state index contributed by atoms with van der Waals surface area (Å²) < 4.78 is 0. The number of hydrogen-bond donors (Lipinski definition) is 3. The Morgan fingerprint density at radius 1 is 0.960 bits per heavy atom. The highest BCUT2D eigenvalue weighted by molar-refractivity contribution is 5.96. The van der Waals surface area contributed by atoms with Crippen molar-refractivity contribution < 1.29 is 9.59 Å². The molecular formula is C20H23N3O2. The fourth-order valence-electron chi connectivity index (χ4n) is 2.44. The monoisotopic (exact) mass is 337 g/mol. The maximum Gasteiger partial charge on any atom is 0.251 e. The van der Waals surface area contributed by atoms with Crippen molar-refractivity contribution in [2.45, 2.75) is 32.7 Å². The lowest BCUT2D eigenvalue weighted by atomic mass is 10.1. The van der Waals surface area contributed by atoms with Gasteiger partial charge in [0.1, 0.15) is 0 Å². The zero-order chi connectivity index (χ0) is 17.8. The normalized spacial score (nSPS) is 13.2. The number of benzene rings is 2. The van der Waals surface area contributed by atoms with Crippen molar-refractivity contribution in [3.8, 4) is 0 Å². The smallest absolute Gasteiger partial charge is 0.251 e. The molecule has 3 rings (SSSR count). The van der Waals surface area contributed by atoms with Crippen molar-refractivity contribution in [2.75, 3.05) is 17.2 Å². The SMILES string of the molecule is Cc1ccc(NCC(=O)Nc2ccc(C(=O)NC3CC3)cc2)cc1C. The predicted molar refractivity (Wildman–Crippen MR) is 100.0 cm³/mol. The summed E-state index contributed by atoms with van der Waals surface area (Å²) in [5, 5.41) is 8.88. The molecule has 3 N–H and O–H groups in total. The van der Waals surface area contributed by atoms with Crippen LogP contribution < -0.4 is 16.0 Å². The van der Waals surface area contributed by atoms with Gasteiger partial charge in [-0.3, -0.25) is 9.59 Å². The number of aryl methyl sites for hydroxylation is 2. The summed E-state index contributed by atoms with van der Waals surface area (Å²) in [6.45, 7) is 4.29. The van der Waals surface area contributed by atoms with Crippen molar-refractivity contribution in [3.63, 3.8) is 0 Å². The van der Waals surface area contributed by atoms with Gasteiger partial charge < -0.3 is 16.0 Å². The summed E-state index contributed by atoms with van der Waals surface area (Å²) in [6.07, 6.45) is 2.13. The Bertz CT molecular complexity index is 780. The van der Waals surface area contributed by atoms with Gasteiger partial charge in [-0.2, -0.15) is 0 Å². The third-order valence-corrected chi connectivity index (χ3v) is 4.30. The van der Waals surface area contributed by atoms with Crippen LogP contribution in [0.25, 0.3) is 0 Å². The van der Waals surface area contributed by atoms with E-state index in [9.17, 15) is 9.59 Å². The Kier molecular flexibility index (Phi) is 5.03. The lowest BCUT2D eigenvalue weighted by Gasteiger charge is -2.10. The van der Waals surface area contributed by atoms with E-state index in [-0.39, 0.29) is 18.4 Å². The molecule has 5 heteroatoms. The van der Waals surface area contributed by atoms with E-state index in [2.05, 4.69) is 22.9 Å². The second kappa shape index (κ2) is 7.38. The number of anilines is 2. The summed E-state index contributed by atoms with van der Waals surface area (Å²) in [5.74, 6) is -0.190. The lowest BCUT2D eigenvalue weighted by Crippen LogP contribution is -2.25. The van der Waals surface area contributed by atoms with Gasteiger partial charge in [0, 0.05) is 23.0 Å². The molecule has 0 aromatic heterocycles. The van der Waals surface area contributed by atoms with E-state index in [1.807, 2.05) is 25.1 Å². The molecule has 2 aromatic rings. The molecule has 0 radical (unpaired) electrons. The van der Waals surface area contributed by atoms with Crippen molar-refractivity contribution in [2.24, 2.45) is 0 Å².